The van der Waals surface area contributed by atoms with Crippen LogP contribution >= 0.6 is 0 Å². The summed E-state index contributed by atoms with van der Waals surface area (Å²) in [5.74, 6) is 0. The monoisotopic (exact) mass is 398 g/mol. The number of hydrogen-bond acceptors (Lipinski definition) is 4. The molecule has 0 atom stereocenters. The average molecular weight is 399 g/mol. The van der Waals surface area contributed by atoms with E-state index in [1.807, 2.05) is 0 Å². The van der Waals surface area contributed by atoms with E-state index in [9.17, 15) is 16.8 Å². The summed E-state index contributed by atoms with van der Waals surface area (Å²) >= 11 is 0. The molecule has 0 radical (unpaired) electrons. The van der Waals surface area contributed by atoms with Crippen molar-refractivity contribution in [1.82, 2.24) is 9.03 Å². The van der Waals surface area contributed by atoms with Crippen LogP contribution in [-0.2, 0) is 26.5 Å². The minimum absolute atomic E-state index is 0.0862. The Labute approximate surface area is 156 Å². The highest BCUT2D eigenvalue weighted by Crippen LogP contribution is 2.38. The second kappa shape index (κ2) is 6.58. The molecule has 3 aliphatic rings. The molecule has 8 heteroatoms. The number of nitrogens with zero attached hydrogens (tertiary/aromatic N) is 1. The largest absolute Gasteiger partial charge is 0.243 e. The van der Waals surface area contributed by atoms with Crippen LogP contribution in [0.4, 0.5) is 0 Å². The molecule has 1 N–H and O–H groups in total. The molecule has 1 aliphatic carbocycles. The van der Waals surface area contributed by atoms with Crippen LogP contribution < -0.4 is 4.72 Å². The maximum absolute atomic E-state index is 12.9. The van der Waals surface area contributed by atoms with Crippen LogP contribution in [-0.4, -0.2) is 39.8 Å². The first-order valence-electron chi connectivity index (χ1n) is 9.50. The van der Waals surface area contributed by atoms with Crippen LogP contribution in [0.3, 0.4) is 0 Å². The summed E-state index contributed by atoms with van der Waals surface area (Å²) in [6.07, 6.45) is 8.28. The zero-order valence-corrected chi connectivity index (χ0v) is 16.5. The summed E-state index contributed by atoms with van der Waals surface area (Å²) in [5, 5.41) is 0. The number of piperidine rings is 1. The lowest BCUT2D eigenvalue weighted by molar-refractivity contribution is 0.259. The van der Waals surface area contributed by atoms with Gasteiger partial charge in [-0.05, 0) is 49.8 Å². The molecule has 1 saturated carbocycles. The summed E-state index contributed by atoms with van der Waals surface area (Å²) in [7, 11) is -7.33. The number of rotatable bonds is 2. The first kappa shape index (κ1) is 18.4. The van der Waals surface area contributed by atoms with Gasteiger partial charge in [-0.15, -0.1) is 0 Å². The van der Waals surface area contributed by atoms with Crippen molar-refractivity contribution in [3.8, 4) is 0 Å². The number of benzene rings is 1. The lowest BCUT2D eigenvalue weighted by Crippen LogP contribution is -2.54. The minimum Gasteiger partial charge on any atom is -0.207 e. The van der Waals surface area contributed by atoms with Crippen molar-refractivity contribution in [1.29, 1.82) is 0 Å². The van der Waals surface area contributed by atoms with Crippen LogP contribution in [0.5, 0.6) is 0 Å². The molecule has 26 heavy (non-hydrogen) atoms. The third-order valence-corrected chi connectivity index (χ3v) is 9.53. The van der Waals surface area contributed by atoms with Gasteiger partial charge in [0, 0.05) is 18.6 Å². The zero-order valence-electron chi connectivity index (χ0n) is 14.9. The Morgan fingerprint density at radius 2 is 1.62 bits per heavy atom. The van der Waals surface area contributed by atoms with Crippen molar-refractivity contribution >= 4 is 20.0 Å². The second-order valence-electron chi connectivity index (χ2n) is 7.86. The van der Waals surface area contributed by atoms with Crippen molar-refractivity contribution in [2.45, 2.75) is 73.1 Å². The van der Waals surface area contributed by atoms with Gasteiger partial charge in [-0.3, -0.25) is 0 Å². The Hall–Kier alpha value is -0.960. The molecule has 1 aromatic carbocycles. The molecule has 2 aliphatic heterocycles. The second-order valence-corrected chi connectivity index (χ2v) is 11.4. The van der Waals surface area contributed by atoms with Gasteiger partial charge in [-0.25, -0.2) is 21.6 Å². The molecule has 0 aromatic heterocycles. The maximum Gasteiger partial charge on any atom is 0.243 e. The quantitative estimate of drug-likeness (QED) is 0.829. The van der Waals surface area contributed by atoms with Gasteiger partial charge in [0.2, 0.25) is 20.0 Å². The molecule has 2 fully saturated rings. The molecule has 1 aromatic rings. The smallest absolute Gasteiger partial charge is 0.207 e. The predicted molar refractivity (Wildman–Crippen MR) is 98.9 cm³/mol. The molecular weight excluding hydrogens is 372 g/mol. The fourth-order valence-corrected chi connectivity index (χ4v) is 7.94. The lowest BCUT2D eigenvalue weighted by atomic mass is 9.78. The molecule has 0 bridgehead atoms. The molecule has 6 nitrogen and oxygen atoms in total. The van der Waals surface area contributed by atoms with Gasteiger partial charge in [0.05, 0.1) is 9.79 Å². The van der Waals surface area contributed by atoms with E-state index >= 15 is 0 Å². The van der Waals surface area contributed by atoms with E-state index in [0.717, 1.165) is 56.9 Å². The Bertz CT molecular complexity index is 897. The first-order chi connectivity index (χ1) is 12.3. The first-order valence-corrected chi connectivity index (χ1v) is 12.4. The molecule has 4 rings (SSSR count). The third kappa shape index (κ3) is 3.21. The predicted octanol–water partition coefficient (Wildman–Crippen LogP) is 2.40. The lowest BCUT2D eigenvalue weighted by Gasteiger charge is -2.41. The van der Waals surface area contributed by atoms with E-state index < -0.39 is 25.6 Å². The average Bonchev–Trinajstić information content (AvgIpc) is 2.62. The standard InChI is InChI=1S/C18H26N2O4S2/c21-25(22)17-13-16(26(23,24)20-11-5-2-6-12-20)8-7-15(17)14-18(19-25)9-3-1-4-10-18/h7-8,13,19H,1-6,9-12,14H2. The van der Waals surface area contributed by atoms with Crippen molar-refractivity contribution in [2.75, 3.05) is 13.1 Å². The number of hydrogen-bond donors (Lipinski definition) is 1. The summed E-state index contributed by atoms with van der Waals surface area (Å²) in [6.45, 7) is 1.01. The molecule has 2 heterocycles. The number of nitrogens with one attached hydrogen (secondary N) is 1. The topological polar surface area (TPSA) is 83.5 Å². The molecule has 0 amide bonds. The Kier molecular flexibility index (Phi) is 4.66. The van der Waals surface area contributed by atoms with E-state index in [1.165, 1.54) is 10.4 Å². The van der Waals surface area contributed by atoms with Crippen molar-refractivity contribution < 1.29 is 16.8 Å². The van der Waals surface area contributed by atoms with Crippen LogP contribution in [0, 0.1) is 0 Å². The zero-order chi connectivity index (χ0) is 18.4. The summed E-state index contributed by atoms with van der Waals surface area (Å²) < 4.78 is 55.9. The molecule has 0 unspecified atom stereocenters. The van der Waals surface area contributed by atoms with Crippen LogP contribution in [0.1, 0.15) is 56.9 Å². The van der Waals surface area contributed by atoms with Crippen LogP contribution in [0.2, 0.25) is 0 Å². The van der Waals surface area contributed by atoms with Crippen LogP contribution in [0.15, 0.2) is 28.0 Å². The fraction of sp³-hybridized carbons (Fsp3) is 0.667. The third-order valence-electron chi connectivity index (χ3n) is 5.97. The molecule has 1 saturated heterocycles. The molecule has 144 valence electrons. The maximum atomic E-state index is 12.9. The highest BCUT2D eigenvalue weighted by molar-refractivity contribution is 7.90. The summed E-state index contributed by atoms with van der Waals surface area (Å²) in [5.41, 5.74) is 0.348. The van der Waals surface area contributed by atoms with Crippen molar-refractivity contribution in [2.24, 2.45) is 0 Å². The Morgan fingerprint density at radius 3 is 2.31 bits per heavy atom. The summed E-state index contributed by atoms with van der Waals surface area (Å²) in [4.78, 5) is 0.218. The molecular formula is C18H26N2O4S2. The minimum atomic E-state index is -3.70. The van der Waals surface area contributed by atoms with Gasteiger partial charge < -0.3 is 0 Å². The van der Waals surface area contributed by atoms with E-state index in [2.05, 4.69) is 4.72 Å². The van der Waals surface area contributed by atoms with E-state index in [-0.39, 0.29) is 9.79 Å². The van der Waals surface area contributed by atoms with E-state index in [4.69, 9.17) is 0 Å². The van der Waals surface area contributed by atoms with Gasteiger partial charge in [-0.2, -0.15) is 4.31 Å². The van der Waals surface area contributed by atoms with Gasteiger partial charge >= 0.3 is 0 Å². The van der Waals surface area contributed by atoms with Crippen molar-refractivity contribution in [3.63, 3.8) is 0 Å². The molecule has 1 spiro atoms. The summed E-state index contributed by atoms with van der Waals surface area (Å²) in [6, 6.07) is 4.65. The number of fused-ring (bicyclic) bond motifs is 1. The van der Waals surface area contributed by atoms with Crippen molar-refractivity contribution in [3.05, 3.63) is 23.8 Å². The van der Waals surface area contributed by atoms with Crippen LogP contribution in [0.25, 0.3) is 0 Å². The highest BCUT2D eigenvalue weighted by atomic mass is 32.2. The number of sulfonamides is 2. The van der Waals surface area contributed by atoms with E-state index in [1.54, 1.807) is 12.1 Å². The van der Waals surface area contributed by atoms with Gasteiger partial charge in [-0.1, -0.05) is 31.7 Å². The van der Waals surface area contributed by atoms with Gasteiger partial charge in [0.25, 0.3) is 0 Å². The Morgan fingerprint density at radius 1 is 0.962 bits per heavy atom. The highest BCUT2D eigenvalue weighted by Gasteiger charge is 2.42. The SMILES string of the molecule is O=S1(=O)NC2(CCCCC2)Cc2ccc(S(=O)(=O)N3CCCCC3)cc21. The van der Waals surface area contributed by atoms with E-state index in [0.29, 0.717) is 19.5 Å². The van der Waals surface area contributed by atoms with Gasteiger partial charge in [0.1, 0.15) is 0 Å². The Balaban J connectivity index is 1.71. The van der Waals surface area contributed by atoms with Gasteiger partial charge in [0.15, 0.2) is 0 Å². The fourth-order valence-electron chi connectivity index (χ4n) is 4.59. The normalized spacial score (nSPS) is 25.7.